The number of hydrogen-bond donors (Lipinski definition) is 0. The summed E-state index contributed by atoms with van der Waals surface area (Å²) in [4.78, 5) is 12.3. The molecular formula is C17H18O. The maximum Gasteiger partial charge on any atom is 0.193 e. The molecule has 0 aromatic heterocycles. The molecule has 0 aliphatic rings. The van der Waals surface area contributed by atoms with E-state index in [0.717, 1.165) is 17.5 Å². The Morgan fingerprint density at radius 3 is 2.33 bits per heavy atom. The maximum absolute atomic E-state index is 12.3. The summed E-state index contributed by atoms with van der Waals surface area (Å²) in [5, 5.41) is 0. The number of rotatable bonds is 4. The Morgan fingerprint density at radius 2 is 1.67 bits per heavy atom. The maximum atomic E-state index is 12.3. The number of carbonyl (C=O) groups excluding carboxylic acids is 1. The van der Waals surface area contributed by atoms with Crippen molar-refractivity contribution >= 4 is 5.78 Å². The molecule has 1 atom stereocenters. The van der Waals surface area contributed by atoms with Crippen LogP contribution in [-0.4, -0.2) is 5.78 Å². The molecule has 1 nitrogen and oxygen atoms in total. The van der Waals surface area contributed by atoms with Gasteiger partial charge in [-0.15, -0.1) is 0 Å². The van der Waals surface area contributed by atoms with Crippen molar-refractivity contribution in [2.45, 2.75) is 26.2 Å². The van der Waals surface area contributed by atoms with Crippen molar-refractivity contribution < 1.29 is 4.79 Å². The Balaban J connectivity index is 2.32. The van der Waals surface area contributed by atoms with Crippen molar-refractivity contribution in [3.8, 4) is 0 Å². The second-order valence-corrected chi connectivity index (χ2v) is 4.63. The molecule has 0 N–H and O–H groups in total. The van der Waals surface area contributed by atoms with Crippen LogP contribution in [0.25, 0.3) is 0 Å². The molecule has 0 spiro atoms. The summed E-state index contributed by atoms with van der Waals surface area (Å²) in [5.74, 6) is 0.592. The minimum absolute atomic E-state index is 0.0979. The van der Waals surface area contributed by atoms with Crippen LogP contribution in [0.2, 0.25) is 0 Å². The number of ketones is 1. The molecule has 0 bridgehead atoms. The van der Waals surface area contributed by atoms with Gasteiger partial charge in [0, 0.05) is 11.1 Å². The number of benzene rings is 2. The molecule has 0 saturated heterocycles. The van der Waals surface area contributed by atoms with Gasteiger partial charge in [0.05, 0.1) is 0 Å². The fourth-order valence-electron chi connectivity index (χ4n) is 1.98. The topological polar surface area (TPSA) is 17.1 Å². The van der Waals surface area contributed by atoms with E-state index in [1.807, 2.05) is 48.5 Å². The lowest BCUT2D eigenvalue weighted by Gasteiger charge is -2.10. The quantitative estimate of drug-likeness (QED) is 0.720. The van der Waals surface area contributed by atoms with Gasteiger partial charge in [-0.05, 0) is 24.0 Å². The van der Waals surface area contributed by atoms with Crippen LogP contribution in [-0.2, 0) is 0 Å². The van der Waals surface area contributed by atoms with Gasteiger partial charge in [-0.2, -0.15) is 0 Å². The molecule has 0 radical (unpaired) electrons. The lowest BCUT2D eigenvalue weighted by Crippen LogP contribution is -2.02. The zero-order chi connectivity index (χ0) is 13.0. The highest BCUT2D eigenvalue weighted by Crippen LogP contribution is 2.20. The van der Waals surface area contributed by atoms with E-state index < -0.39 is 0 Å². The third-order valence-corrected chi connectivity index (χ3v) is 3.37. The van der Waals surface area contributed by atoms with Gasteiger partial charge in [0.25, 0.3) is 0 Å². The van der Waals surface area contributed by atoms with Crippen molar-refractivity contribution in [1.29, 1.82) is 0 Å². The molecule has 2 aromatic carbocycles. The van der Waals surface area contributed by atoms with Gasteiger partial charge in [0.15, 0.2) is 5.78 Å². The van der Waals surface area contributed by atoms with E-state index in [0.29, 0.717) is 5.92 Å². The van der Waals surface area contributed by atoms with Crippen LogP contribution in [0, 0.1) is 0 Å². The zero-order valence-corrected chi connectivity index (χ0v) is 10.9. The molecule has 0 saturated carbocycles. The Labute approximate surface area is 108 Å². The molecule has 1 heteroatoms. The van der Waals surface area contributed by atoms with Crippen molar-refractivity contribution in [2.75, 3.05) is 0 Å². The third kappa shape index (κ3) is 2.67. The fourth-order valence-corrected chi connectivity index (χ4v) is 1.98. The third-order valence-electron chi connectivity index (χ3n) is 3.37. The first-order valence-electron chi connectivity index (χ1n) is 6.42. The van der Waals surface area contributed by atoms with Gasteiger partial charge < -0.3 is 0 Å². The van der Waals surface area contributed by atoms with Crippen LogP contribution in [0.1, 0.15) is 47.7 Å². The largest absolute Gasteiger partial charge is 0.289 e. The lowest BCUT2D eigenvalue weighted by molar-refractivity contribution is 0.103. The van der Waals surface area contributed by atoms with E-state index in [2.05, 4.69) is 19.9 Å². The van der Waals surface area contributed by atoms with Gasteiger partial charge in [0.2, 0.25) is 0 Å². The Morgan fingerprint density at radius 1 is 1.00 bits per heavy atom. The molecule has 0 heterocycles. The average Bonchev–Trinajstić information content (AvgIpc) is 2.46. The van der Waals surface area contributed by atoms with Gasteiger partial charge in [-0.1, -0.05) is 62.4 Å². The first-order valence-corrected chi connectivity index (χ1v) is 6.42. The molecule has 0 aliphatic heterocycles. The first kappa shape index (κ1) is 12.6. The van der Waals surface area contributed by atoms with E-state index in [-0.39, 0.29) is 5.78 Å². The summed E-state index contributed by atoms with van der Waals surface area (Å²) in [5.41, 5.74) is 2.76. The van der Waals surface area contributed by atoms with E-state index in [1.165, 1.54) is 5.56 Å². The highest BCUT2D eigenvalue weighted by Gasteiger charge is 2.10. The van der Waals surface area contributed by atoms with Crippen LogP contribution in [0.3, 0.4) is 0 Å². The zero-order valence-electron chi connectivity index (χ0n) is 10.9. The van der Waals surface area contributed by atoms with E-state index in [4.69, 9.17) is 0 Å². The molecule has 0 amide bonds. The predicted molar refractivity (Wildman–Crippen MR) is 75.0 cm³/mol. The van der Waals surface area contributed by atoms with Crippen molar-refractivity contribution in [3.63, 3.8) is 0 Å². The van der Waals surface area contributed by atoms with Crippen LogP contribution in [0.15, 0.2) is 54.6 Å². The van der Waals surface area contributed by atoms with Gasteiger partial charge >= 0.3 is 0 Å². The molecule has 0 fully saturated rings. The van der Waals surface area contributed by atoms with Crippen LogP contribution >= 0.6 is 0 Å². The molecule has 2 aromatic rings. The van der Waals surface area contributed by atoms with Crippen molar-refractivity contribution in [3.05, 3.63) is 71.3 Å². The van der Waals surface area contributed by atoms with Crippen LogP contribution in [0.5, 0.6) is 0 Å². The molecule has 0 aliphatic carbocycles. The summed E-state index contributed by atoms with van der Waals surface area (Å²) in [7, 11) is 0. The normalized spacial score (nSPS) is 12.1. The SMILES string of the molecule is CCC(C)c1cccc(C(=O)c2ccccc2)c1. The molecule has 2 rings (SSSR count). The number of hydrogen-bond acceptors (Lipinski definition) is 1. The van der Waals surface area contributed by atoms with E-state index in [1.54, 1.807) is 0 Å². The highest BCUT2D eigenvalue weighted by atomic mass is 16.1. The Hall–Kier alpha value is -1.89. The van der Waals surface area contributed by atoms with Gasteiger partial charge in [-0.25, -0.2) is 0 Å². The lowest BCUT2D eigenvalue weighted by atomic mass is 9.94. The minimum atomic E-state index is 0.0979. The smallest absolute Gasteiger partial charge is 0.193 e. The fraction of sp³-hybridized carbons (Fsp3) is 0.235. The predicted octanol–water partition coefficient (Wildman–Crippen LogP) is 4.43. The van der Waals surface area contributed by atoms with Gasteiger partial charge in [0.1, 0.15) is 0 Å². The van der Waals surface area contributed by atoms with Crippen LogP contribution < -0.4 is 0 Å². The standard InChI is InChI=1S/C17H18O/c1-3-13(2)15-10-7-11-16(12-15)17(18)14-8-5-4-6-9-14/h4-13H,3H2,1-2H3. The van der Waals surface area contributed by atoms with Crippen molar-refractivity contribution in [1.82, 2.24) is 0 Å². The van der Waals surface area contributed by atoms with E-state index >= 15 is 0 Å². The molecule has 92 valence electrons. The average molecular weight is 238 g/mol. The summed E-state index contributed by atoms with van der Waals surface area (Å²) >= 11 is 0. The molecular weight excluding hydrogens is 220 g/mol. The van der Waals surface area contributed by atoms with Crippen LogP contribution in [0.4, 0.5) is 0 Å². The highest BCUT2D eigenvalue weighted by molar-refractivity contribution is 6.09. The van der Waals surface area contributed by atoms with Gasteiger partial charge in [-0.3, -0.25) is 4.79 Å². The summed E-state index contributed by atoms with van der Waals surface area (Å²) in [6.07, 6.45) is 1.09. The molecule has 1 unspecified atom stereocenters. The second kappa shape index (κ2) is 5.63. The first-order chi connectivity index (χ1) is 8.72. The summed E-state index contributed by atoms with van der Waals surface area (Å²) in [6, 6.07) is 17.4. The second-order valence-electron chi connectivity index (χ2n) is 4.63. The number of carbonyl (C=O) groups is 1. The Kier molecular flexibility index (Phi) is 3.93. The van der Waals surface area contributed by atoms with Crippen molar-refractivity contribution in [2.24, 2.45) is 0 Å². The summed E-state index contributed by atoms with van der Waals surface area (Å²) in [6.45, 7) is 4.35. The minimum Gasteiger partial charge on any atom is -0.289 e. The Bertz CT molecular complexity index is 528. The monoisotopic (exact) mass is 238 g/mol. The van der Waals surface area contributed by atoms with E-state index in [9.17, 15) is 4.79 Å². The summed E-state index contributed by atoms with van der Waals surface area (Å²) < 4.78 is 0. The molecule has 18 heavy (non-hydrogen) atoms.